The lowest BCUT2D eigenvalue weighted by atomic mass is 10.0. The number of amides is 2. The topological polar surface area (TPSA) is 142 Å². The van der Waals surface area contributed by atoms with Crippen molar-refractivity contribution >= 4 is 29.5 Å². The van der Waals surface area contributed by atoms with Crippen LogP contribution in [-0.2, 0) is 35.2 Å². The summed E-state index contributed by atoms with van der Waals surface area (Å²) in [5.74, 6) is 0.200. The van der Waals surface area contributed by atoms with Gasteiger partial charge in [-0.05, 0) is 76.9 Å². The van der Waals surface area contributed by atoms with Crippen LogP contribution in [0.1, 0.15) is 65.6 Å². The average molecular weight is 698 g/mol. The quantitative estimate of drug-likeness (QED) is 0.0817. The van der Waals surface area contributed by atoms with Crippen molar-refractivity contribution in [2.45, 2.75) is 78.3 Å². The summed E-state index contributed by atoms with van der Waals surface area (Å²) in [7, 11) is 0. The predicted molar refractivity (Wildman–Crippen MR) is 195 cm³/mol. The summed E-state index contributed by atoms with van der Waals surface area (Å²) in [5, 5.41) is 5.54. The highest BCUT2D eigenvalue weighted by molar-refractivity contribution is 5.98. The molecule has 0 spiro atoms. The van der Waals surface area contributed by atoms with Gasteiger partial charge in [-0.2, -0.15) is 0 Å². The molecule has 1 unspecified atom stereocenters. The Hall–Kier alpha value is -5.49. The highest BCUT2D eigenvalue weighted by Gasteiger charge is 2.33. The van der Waals surface area contributed by atoms with Crippen molar-refractivity contribution in [1.29, 1.82) is 0 Å². The van der Waals surface area contributed by atoms with Crippen molar-refractivity contribution in [2.24, 2.45) is 4.99 Å². The van der Waals surface area contributed by atoms with Gasteiger partial charge >= 0.3 is 5.97 Å². The molecule has 0 radical (unpaired) electrons. The fourth-order valence-electron chi connectivity index (χ4n) is 5.05. The van der Waals surface area contributed by atoms with E-state index < -0.39 is 41.0 Å². The molecule has 270 valence electrons. The molecule has 1 aromatic heterocycles. The lowest BCUT2D eigenvalue weighted by molar-refractivity contribution is -0.145. The van der Waals surface area contributed by atoms with Crippen LogP contribution in [0.15, 0.2) is 102 Å². The molecule has 0 aliphatic rings. The Morgan fingerprint density at radius 1 is 0.882 bits per heavy atom. The van der Waals surface area contributed by atoms with Crippen molar-refractivity contribution in [1.82, 2.24) is 14.9 Å². The third-order valence-electron chi connectivity index (χ3n) is 7.30. The second-order valence-electron chi connectivity index (χ2n) is 13.3. The summed E-state index contributed by atoms with van der Waals surface area (Å²) in [6.45, 7) is 12.6. The van der Waals surface area contributed by atoms with Crippen LogP contribution >= 0.6 is 0 Å². The van der Waals surface area contributed by atoms with Crippen LogP contribution in [0.3, 0.4) is 0 Å². The smallest absolute Gasteiger partial charge is 0.333 e. The standard InChI is InChI=1S/C39H47N5O7/c1-8-49-36(46)34(29-19-21-31(22-20-29)50-30-17-13-10-14-18-30)44-23-33(40-26-44)42-35(45)32(25-48-24-28-15-11-9-12-16-28)41-37(47)39(6,7)43-27(2)51-38(3,4)5/h9-23,26,32,34H,8,24-25H2,1-7H3,(H,41,47)(H,42,45)/t32-,34?/m1/s1. The second kappa shape index (κ2) is 17.4. The number of ether oxygens (including phenoxy) is 4. The minimum absolute atomic E-state index is 0.132. The molecule has 12 nitrogen and oxygen atoms in total. The van der Waals surface area contributed by atoms with E-state index in [1.165, 1.54) is 12.5 Å². The molecule has 0 saturated heterocycles. The van der Waals surface area contributed by atoms with E-state index in [1.54, 1.807) is 56.5 Å². The highest BCUT2D eigenvalue weighted by Crippen LogP contribution is 2.27. The first-order chi connectivity index (χ1) is 24.2. The highest BCUT2D eigenvalue weighted by atomic mass is 16.5. The first-order valence-corrected chi connectivity index (χ1v) is 16.8. The lowest BCUT2D eigenvalue weighted by Gasteiger charge is -2.26. The Morgan fingerprint density at radius 3 is 2.14 bits per heavy atom. The van der Waals surface area contributed by atoms with Crippen LogP contribution in [0.2, 0.25) is 0 Å². The van der Waals surface area contributed by atoms with Crippen LogP contribution in [-0.4, -0.2) is 63.6 Å². The Morgan fingerprint density at radius 2 is 1.51 bits per heavy atom. The van der Waals surface area contributed by atoms with Crippen LogP contribution in [0, 0.1) is 0 Å². The van der Waals surface area contributed by atoms with Crippen LogP contribution in [0.5, 0.6) is 11.5 Å². The molecule has 0 fully saturated rings. The van der Waals surface area contributed by atoms with Gasteiger partial charge in [0.25, 0.3) is 5.91 Å². The Kier molecular flexibility index (Phi) is 13.1. The number of nitrogens with zero attached hydrogens (tertiary/aromatic N) is 3. The number of para-hydroxylation sites is 1. The van der Waals surface area contributed by atoms with Gasteiger partial charge in [0.15, 0.2) is 17.8 Å². The zero-order valence-electron chi connectivity index (χ0n) is 30.2. The summed E-state index contributed by atoms with van der Waals surface area (Å²) in [6.07, 6.45) is 2.96. The summed E-state index contributed by atoms with van der Waals surface area (Å²) in [5.41, 5.74) is -0.226. The van der Waals surface area contributed by atoms with Crippen molar-refractivity contribution in [2.75, 3.05) is 18.5 Å². The number of hydrogen-bond acceptors (Lipinski definition) is 9. The number of hydrogen-bond donors (Lipinski definition) is 2. The van der Waals surface area contributed by atoms with Gasteiger partial charge in [0.1, 0.15) is 28.7 Å². The van der Waals surface area contributed by atoms with E-state index in [4.69, 9.17) is 18.9 Å². The number of carbonyl (C=O) groups excluding carboxylic acids is 3. The fourth-order valence-corrected chi connectivity index (χ4v) is 5.05. The molecule has 0 saturated carbocycles. The van der Waals surface area contributed by atoms with Gasteiger partial charge in [0.2, 0.25) is 5.91 Å². The predicted octanol–water partition coefficient (Wildman–Crippen LogP) is 6.48. The Labute approximate surface area is 299 Å². The normalized spacial score (nSPS) is 13.1. The van der Waals surface area contributed by atoms with Crippen molar-refractivity contribution < 1.29 is 33.3 Å². The van der Waals surface area contributed by atoms with E-state index in [-0.39, 0.29) is 25.6 Å². The number of carbonyl (C=O) groups is 3. The minimum atomic E-state index is -1.26. The van der Waals surface area contributed by atoms with Crippen LogP contribution in [0.4, 0.5) is 5.82 Å². The first kappa shape index (κ1) is 38.3. The van der Waals surface area contributed by atoms with Crippen molar-refractivity contribution in [3.63, 3.8) is 0 Å². The molecule has 2 amide bonds. The Bertz CT molecular complexity index is 1760. The van der Waals surface area contributed by atoms with Gasteiger partial charge in [-0.15, -0.1) is 0 Å². The molecular weight excluding hydrogens is 650 g/mol. The zero-order chi connectivity index (χ0) is 37.0. The maximum Gasteiger partial charge on any atom is 0.333 e. The van der Waals surface area contributed by atoms with Gasteiger partial charge in [-0.3, -0.25) is 9.59 Å². The number of aromatic nitrogens is 2. The summed E-state index contributed by atoms with van der Waals surface area (Å²) in [4.78, 5) is 49.2. The molecule has 1 heterocycles. The second-order valence-corrected chi connectivity index (χ2v) is 13.3. The molecular formula is C39H47N5O7. The van der Waals surface area contributed by atoms with Crippen LogP contribution in [0.25, 0.3) is 0 Å². The number of aliphatic imine (C=N–C) groups is 1. The molecule has 0 bridgehead atoms. The third kappa shape index (κ3) is 11.8. The summed E-state index contributed by atoms with van der Waals surface area (Å²) < 4.78 is 24.5. The van der Waals surface area contributed by atoms with E-state index in [2.05, 4.69) is 20.6 Å². The summed E-state index contributed by atoms with van der Waals surface area (Å²) >= 11 is 0. The number of imidazole rings is 1. The largest absolute Gasteiger partial charge is 0.476 e. The van der Waals surface area contributed by atoms with Gasteiger partial charge in [-0.1, -0.05) is 60.7 Å². The van der Waals surface area contributed by atoms with E-state index in [0.29, 0.717) is 23.0 Å². The number of rotatable bonds is 15. The molecule has 3 aromatic carbocycles. The van der Waals surface area contributed by atoms with Crippen molar-refractivity contribution in [3.8, 4) is 11.5 Å². The van der Waals surface area contributed by atoms with E-state index in [1.807, 2.05) is 81.4 Å². The van der Waals surface area contributed by atoms with Gasteiger partial charge in [-0.25, -0.2) is 14.8 Å². The molecule has 2 atom stereocenters. The number of nitrogens with one attached hydrogen (secondary N) is 2. The molecule has 2 N–H and O–H groups in total. The zero-order valence-corrected chi connectivity index (χ0v) is 30.2. The van der Waals surface area contributed by atoms with E-state index >= 15 is 0 Å². The SMILES string of the molecule is CCOC(=O)C(c1ccc(Oc2ccccc2)cc1)n1cnc(NC(=O)[C@@H](COCc2ccccc2)NC(=O)C(C)(C)N=C(C)OC(C)(C)C)c1. The average Bonchev–Trinajstić information content (AvgIpc) is 3.52. The number of esters is 1. The minimum Gasteiger partial charge on any atom is -0.476 e. The fraction of sp³-hybridized carbons (Fsp3) is 0.359. The Balaban J connectivity index is 1.52. The van der Waals surface area contributed by atoms with E-state index in [9.17, 15) is 14.4 Å². The molecule has 4 rings (SSSR count). The molecule has 12 heteroatoms. The number of benzene rings is 3. The molecule has 4 aromatic rings. The van der Waals surface area contributed by atoms with Crippen LogP contribution < -0.4 is 15.4 Å². The lowest BCUT2D eigenvalue weighted by Crippen LogP contribution is -2.52. The third-order valence-corrected chi connectivity index (χ3v) is 7.30. The molecule has 0 aliphatic heterocycles. The maximum atomic E-state index is 13.7. The van der Waals surface area contributed by atoms with Gasteiger partial charge in [0, 0.05) is 13.1 Å². The number of anilines is 1. The first-order valence-electron chi connectivity index (χ1n) is 16.8. The molecule has 0 aliphatic carbocycles. The monoisotopic (exact) mass is 697 g/mol. The maximum absolute atomic E-state index is 13.7. The van der Waals surface area contributed by atoms with Crippen molar-refractivity contribution in [3.05, 3.63) is 109 Å². The summed E-state index contributed by atoms with van der Waals surface area (Å²) in [6, 6.07) is 23.9. The van der Waals surface area contributed by atoms with Gasteiger partial charge < -0.3 is 34.1 Å². The van der Waals surface area contributed by atoms with Gasteiger partial charge in [0.05, 0.1) is 26.1 Å². The molecule has 51 heavy (non-hydrogen) atoms. The van der Waals surface area contributed by atoms with E-state index in [0.717, 1.165) is 5.56 Å².